The summed E-state index contributed by atoms with van der Waals surface area (Å²) < 4.78 is 29.8. The molecular weight excluding hydrogens is 378 g/mol. The molecule has 0 unspecified atom stereocenters. The number of benzene rings is 2. The second-order valence-electron chi connectivity index (χ2n) is 6.38. The van der Waals surface area contributed by atoms with Gasteiger partial charge in [0.15, 0.2) is 15.7 Å². The Morgan fingerprint density at radius 3 is 2.39 bits per heavy atom. The first-order chi connectivity index (χ1) is 13.4. The Morgan fingerprint density at radius 2 is 1.71 bits per heavy atom. The Hall–Kier alpha value is -3.00. The van der Waals surface area contributed by atoms with Crippen molar-refractivity contribution >= 4 is 15.7 Å². The topological polar surface area (TPSA) is 102 Å². The van der Waals surface area contributed by atoms with Crippen LogP contribution in [0.4, 0.5) is 0 Å². The Labute approximate surface area is 163 Å². The van der Waals surface area contributed by atoms with E-state index in [2.05, 4.69) is 15.5 Å². The molecular formula is C20H21N3O4S. The quantitative estimate of drug-likeness (QED) is 0.625. The smallest absolute Gasteiger partial charge is 0.227 e. The third-order valence-electron chi connectivity index (χ3n) is 4.17. The Bertz CT molecular complexity index is 1020. The van der Waals surface area contributed by atoms with Gasteiger partial charge in [-0.1, -0.05) is 53.7 Å². The van der Waals surface area contributed by atoms with Crippen LogP contribution in [0, 0.1) is 0 Å². The molecule has 1 amide bonds. The third kappa shape index (κ3) is 5.26. The number of aromatic nitrogens is 2. The maximum atomic E-state index is 12.3. The molecule has 2 aromatic carbocycles. The van der Waals surface area contributed by atoms with Crippen molar-refractivity contribution in [3.63, 3.8) is 0 Å². The van der Waals surface area contributed by atoms with Gasteiger partial charge in [-0.25, -0.2) is 8.42 Å². The third-order valence-corrected chi connectivity index (χ3v) is 5.80. The van der Waals surface area contributed by atoms with Gasteiger partial charge in [0.1, 0.15) is 5.75 Å². The highest BCUT2D eigenvalue weighted by molar-refractivity contribution is 7.90. The second kappa shape index (κ2) is 8.79. The summed E-state index contributed by atoms with van der Waals surface area (Å²) in [6.45, 7) is 1.91. The monoisotopic (exact) mass is 399 g/mol. The highest BCUT2D eigenvalue weighted by Crippen LogP contribution is 2.15. The van der Waals surface area contributed by atoms with E-state index in [0.29, 0.717) is 0 Å². The molecule has 0 aliphatic rings. The van der Waals surface area contributed by atoms with Gasteiger partial charge in [-0.3, -0.25) is 4.79 Å². The van der Waals surface area contributed by atoms with Crippen molar-refractivity contribution in [2.75, 3.05) is 0 Å². The lowest BCUT2D eigenvalue weighted by atomic mass is 10.1. The summed E-state index contributed by atoms with van der Waals surface area (Å²) in [4.78, 5) is 16.4. The van der Waals surface area contributed by atoms with E-state index >= 15 is 0 Å². The number of hydrogen-bond donors (Lipinski definition) is 1. The Morgan fingerprint density at radius 1 is 1.07 bits per heavy atom. The predicted octanol–water partition coefficient (Wildman–Crippen LogP) is 2.85. The number of aryl methyl sites for hydroxylation is 1. The van der Waals surface area contributed by atoms with E-state index in [1.54, 1.807) is 18.2 Å². The zero-order valence-electron chi connectivity index (χ0n) is 15.4. The first kappa shape index (κ1) is 19.8. The SMILES string of the molecule is C[C@@H](NC(=O)CCc1nc(CS(=O)(=O)c2ccccc2)no1)c1ccccc1. The van der Waals surface area contributed by atoms with Crippen LogP contribution in [0.3, 0.4) is 0 Å². The summed E-state index contributed by atoms with van der Waals surface area (Å²) in [5.74, 6) is -0.178. The second-order valence-corrected chi connectivity index (χ2v) is 8.37. The molecule has 3 rings (SSSR count). The summed E-state index contributed by atoms with van der Waals surface area (Å²) in [7, 11) is -3.54. The number of nitrogens with one attached hydrogen (secondary N) is 1. The average molecular weight is 399 g/mol. The lowest BCUT2D eigenvalue weighted by Gasteiger charge is -2.13. The maximum Gasteiger partial charge on any atom is 0.227 e. The summed E-state index contributed by atoms with van der Waals surface area (Å²) >= 11 is 0. The normalized spacial score (nSPS) is 12.5. The van der Waals surface area contributed by atoms with Crippen molar-refractivity contribution in [1.29, 1.82) is 0 Å². The van der Waals surface area contributed by atoms with Gasteiger partial charge in [0.25, 0.3) is 0 Å². The van der Waals surface area contributed by atoms with Gasteiger partial charge in [-0.05, 0) is 24.6 Å². The molecule has 28 heavy (non-hydrogen) atoms. The molecule has 0 saturated carbocycles. The van der Waals surface area contributed by atoms with Crippen molar-refractivity contribution in [2.24, 2.45) is 0 Å². The molecule has 7 nitrogen and oxygen atoms in total. The zero-order chi connectivity index (χ0) is 20.0. The number of nitrogens with zero attached hydrogens (tertiary/aromatic N) is 2. The van der Waals surface area contributed by atoms with Crippen LogP contribution in [-0.2, 0) is 26.8 Å². The lowest BCUT2D eigenvalue weighted by molar-refractivity contribution is -0.121. The minimum Gasteiger partial charge on any atom is -0.350 e. The van der Waals surface area contributed by atoms with Crippen molar-refractivity contribution in [3.05, 3.63) is 77.9 Å². The van der Waals surface area contributed by atoms with Gasteiger partial charge in [-0.2, -0.15) is 4.98 Å². The molecule has 0 saturated heterocycles. The molecule has 0 aliphatic heterocycles. The fourth-order valence-corrected chi connectivity index (χ4v) is 3.89. The van der Waals surface area contributed by atoms with Crippen molar-refractivity contribution in [2.45, 2.75) is 36.5 Å². The largest absolute Gasteiger partial charge is 0.350 e. The Kier molecular flexibility index (Phi) is 6.20. The van der Waals surface area contributed by atoms with Crippen molar-refractivity contribution in [1.82, 2.24) is 15.5 Å². The molecule has 0 fully saturated rings. The van der Waals surface area contributed by atoms with Crippen LogP contribution >= 0.6 is 0 Å². The van der Waals surface area contributed by atoms with E-state index in [-0.39, 0.29) is 47.2 Å². The van der Waals surface area contributed by atoms with Crippen LogP contribution in [0.5, 0.6) is 0 Å². The molecule has 0 radical (unpaired) electrons. The van der Waals surface area contributed by atoms with E-state index in [1.165, 1.54) is 12.1 Å². The van der Waals surface area contributed by atoms with Crippen LogP contribution in [-0.4, -0.2) is 24.5 Å². The first-order valence-electron chi connectivity index (χ1n) is 8.87. The summed E-state index contributed by atoms with van der Waals surface area (Å²) in [5.41, 5.74) is 1.02. The van der Waals surface area contributed by atoms with Crippen molar-refractivity contribution in [3.8, 4) is 0 Å². The molecule has 0 bridgehead atoms. The number of rotatable bonds is 8. The van der Waals surface area contributed by atoms with Crippen LogP contribution in [0.1, 0.15) is 36.7 Å². The van der Waals surface area contributed by atoms with Gasteiger partial charge in [0.05, 0.1) is 10.9 Å². The first-order valence-corrected chi connectivity index (χ1v) is 10.5. The van der Waals surface area contributed by atoms with Gasteiger partial charge in [-0.15, -0.1) is 0 Å². The molecule has 1 heterocycles. The van der Waals surface area contributed by atoms with Crippen LogP contribution in [0.25, 0.3) is 0 Å². The zero-order valence-corrected chi connectivity index (χ0v) is 16.2. The van der Waals surface area contributed by atoms with Gasteiger partial charge in [0.2, 0.25) is 11.8 Å². The van der Waals surface area contributed by atoms with E-state index in [1.807, 2.05) is 37.3 Å². The van der Waals surface area contributed by atoms with Crippen LogP contribution in [0.15, 0.2) is 70.1 Å². The molecule has 0 aliphatic carbocycles. The average Bonchev–Trinajstić information content (AvgIpc) is 3.14. The fraction of sp³-hybridized carbons (Fsp3) is 0.250. The van der Waals surface area contributed by atoms with E-state index in [9.17, 15) is 13.2 Å². The maximum absolute atomic E-state index is 12.3. The fourth-order valence-electron chi connectivity index (χ4n) is 2.69. The summed E-state index contributed by atoms with van der Waals surface area (Å²) in [6.07, 6.45) is 0.413. The number of amides is 1. The number of hydrogen-bond acceptors (Lipinski definition) is 6. The van der Waals surface area contributed by atoms with Crippen LogP contribution < -0.4 is 5.32 Å². The van der Waals surface area contributed by atoms with Crippen molar-refractivity contribution < 1.29 is 17.7 Å². The van der Waals surface area contributed by atoms with Gasteiger partial charge < -0.3 is 9.84 Å². The van der Waals surface area contributed by atoms with Gasteiger partial charge >= 0.3 is 0 Å². The number of carbonyl (C=O) groups is 1. The molecule has 8 heteroatoms. The molecule has 3 aromatic rings. The van der Waals surface area contributed by atoms with Gasteiger partial charge in [0, 0.05) is 12.8 Å². The van der Waals surface area contributed by atoms with E-state index in [0.717, 1.165) is 5.56 Å². The lowest BCUT2D eigenvalue weighted by Crippen LogP contribution is -2.26. The number of carbonyl (C=O) groups excluding carboxylic acids is 1. The predicted molar refractivity (Wildman–Crippen MR) is 103 cm³/mol. The Balaban J connectivity index is 1.53. The highest BCUT2D eigenvalue weighted by Gasteiger charge is 2.19. The molecule has 1 aromatic heterocycles. The number of sulfone groups is 1. The standard InChI is InChI=1S/C20H21N3O4S/c1-15(16-8-4-2-5-9-16)21-19(24)12-13-20-22-18(23-27-20)14-28(25,26)17-10-6-3-7-11-17/h2-11,15H,12-14H2,1H3,(H,21,24)/t15-/m1/s1. The molecule has 146 valence electrons. The van der Waals surface area contributed by atoms with Crippen LogP contribution in [0.2, 0.25) is 0 Å². The highest BCUT2D eigenvalue weighted by atomic mass is 32.2. The summed E-state index contributed by atoms with van der Waals surface area (Å²) in [5, 5.41) is 6.62. The van der Waals surface area contributed by atoms with E-state index < -0.39 is 9.84 Å². The minimum absolute atomic E-state index is 0.0805. The minimum atomic E-state index is -3.54. The van der Waals surface area contributed by atoms with E-state index in [4.69, 9.17) is 4.52 Å². The molecule has 0 spiro atoms. The molecule has 1 atom stereocenters. The molecule has 1 N–H and O–H groups in total. The summed E-state index contributed by atoms with van der Waals surface area (Å²) in [6, 6.07) is 17.6.